The molecule has 0 saturated carbocycles. The van der Waals surface area contributed by atoms with Gasteiger partial charge in [0.25, 0.3) is 0 Å². The molecule has 220 valence electrons. The molecule has 0 aromatic heterocycles. The number of amides is 2. The second-order valence-corrected chi connectivity index (χ2v) is 12.6. The molecule has 0 aliphatic rings. The van der Waals surface area contributed by atoms with Crippen LogP contribution < -0.4 is 9.62 Å². The van der Waals surface area contributed by atoms with Crippen molar-refractivity contribution in [1.82, 2.24) is 10.2 Å². The van der Waals surface area contributed by atoms with Crippen LogP contribution in [0.15, 0.2) is 78.9 Å². The highest BCUT2D eigenvalue weighted by molar-refractivity contribution is 7.92. The minimum absolute atomic E-state index is 0.0296. The molecule has 2 amide bonds. The summed E-state index contributed by atoms with van der Waals surface area (Å²) < 4.78 is 40.2. The molecule has 41 heavy (non-hydrogen) atoms. The average Bonchev–Trinajstić information content (AvgIpc) is 2.93. The number of hydrogen-bond acceptors (Lipinski definition) is 4. The number of hydrogen-bond donors (Lipinski definition) is 1. The van der Waals surface area contributed by atoms with E-state index in [0.29, 0.717) is 24.2 Å². The molecule has 9 heteroatoms. The van der Waals surface area contributed by atoms with Crippen molar-refractivity contribution in [3.05, 3.63) is 101 Å². The molecule has 0 aliphatic carbocycles. The Morgan fingerprint density at radius 3 is 2.15 bits per heavy atom. The average molecular weight is 582 g/mol. The molecule has 1 unspecified atom stereocenters. The zero-order valence-electron chi connectivity index (χ0n) is 24.2. The molecule has 0 aliphatic heterocycles. The largest absolute Gasteiger partial charge is 0.354 e. The van der Waals surface area contributed by atoms with Gasteiger partial charge in [-0.2, -0.15) is 0 Å². The Hall–Kier alpha value is -3.72. The van der Waals surface area contributed by atoms with Gasteiger partial charge in [-0.15, -0.1) is 0 Å². The highest BCUT2D eigenvalue weighted by Gasteiger charge is 2.30. The number of rotatable bonds is 14. The van der Waals surface area contributed by atoms with Crippen molar-refractivity contribution in [3.8, 4) is 0 Å². The molecule has 1 atom stereocenters. The lowest BCUT2D eigenvalue weighted by Gasteiger charge is -2.32. The van der Waals surface area contributed by atoms with Crippen LogP contribution in [0.3, 0.4) is 0 Å². The molecule has 0 spiro atoms. The Labute approximate surface area is 243 Å². The van der Waals surface area contributed by atoms with Gasteiger partial charge in [0, 0.05) is 32.5 Å². The van der Waals surface area contributed by atoms with Gasteiger partial charge in [-0.1, -0.05) is 74.5 Å². The van der Waals surface area contributed by atoms with Crippen LogP contribution >= 0.6 is 0 Å². The normalized spacial score (nSPS) is 12.1. The van der Waals surface area contributed by atoms with Gasteiger partial charge in [0.15, 0.2) is 0 Å². The van der Waals surface area contributed by atoms with Crippen molar-refractivity contribution in [2.75, 3.05) is 23.7 Å². The van der Waals surface area contributed by atoms with Crippen LogP contribution in [0, 0.1) is 18.7 Å². The second kappa shape index (κ2) is 14.8. The van der Waals surface area contributed by atoms with Crippen LogP contribution in [0.25, 0.3) is 0 Å². The van der Waals surface area contributed by atoms with Crippen molar-refractivity contribution in [3.63, 3.8) is 0 Å². The first-order valence-corrected chi connectivity index (χ1v) is 15.7. The standard InChI is InChI=1S/C32H40FN3O4S/c1-24(2)22-34-32(38)30(21-26-12-6-5-7-13-26)35(23-27-16-18-28(33)19-17-27)31(37)15-10-20-36(41(4,39)40)29-14-9-8-11-25(29)3/h5-9,11-14,16-19,24,30H,10,15,20-23H2,1-4H3,(H,34,38). The summed E-state index contributed by atoms with van der Waals surface area (Å²) >= 11 is 0. The van der Waals surface area contributed by atoms with E-state index >= 15 is 0 Å². The Kier molecular flexibility index (Phi) is 11.5. The van der Waals surface area contributed by atoms with Gasteiger partial charge in [-0.3, -0.25) is 13.9 Å². The predicted molar refractivity (Wildman–Crippen MR) is 161 cm³/mol. The Balaban J connectivity index is 1.88. The van der Waals surface area contributed by atoms with Gasteiger partial charge >= 0.3 is 0 Å². The monoisotopic (exact) mass is 581 g/mol. The van der Waals surface area contributed by atoms with Crippen LogP contribution in [-0.4, -0.2) is 50.5 Å². The van der Waals surface area contributed by atoms with Crippen LogP contribution in [0.4, 0.5) is 10.1 Å². The highest BCUT2D eigenvalue weighted by Crippen LogP contribution is 2.23. The lowest BCUT2D eigenvalue weighted by atomic mass is 10.0. The molecule has 0 fully saturated rings. The van der Waals surface area contributed by atoms with E-state index in [9.17, 15) is 22.4 Å². The molecule has 0 radical (unpaired) electrons. The Morgan fingerprint density at radius 1 is 0.902 bits per heavy atom. The van der Waals surface area contributed by atoms with E-state index in [1.807, 2.05) is 63.2 Å². The first kappa shape index (κ1) is 31.8. The number of carbonyl (C=O) groups excluding carboxylic acids is 2. The molecular formula is C32H40FN3O4S. The molecule has 0 saturated heterocycles. The SMILES string of the molecule is Cc1ccccc1N(CCCC(=O)N(Cc1ccc(F)cc1)C(Cc1ccccc1)C(=O)NCC(C)C)S(C)(=O)=O. The van der Waals surface area contributed by atoms with Gasteiger partial charge in [0.1, 0.15) is 11.9 Å². The fraction of sp³-hybridized carbons (Fsp3) is 0.375. The van der Waals surface area contributed by atoms with Gasteiger partial charge < -0.3 is 10.2 Å². The summed E-state index contributed by atoms with van der Waals surface area (Å²) in [4.78, 5) is 28.9. The third-order valence-electron chi connectivity index (χ3n) is 6.76. The van der Waals surface area contributed by atoms with Crippen molar-refractivity contribution in [1.29, 1.82) is 0 Å². The van der Waals surface area contributed by atoms with E-state index in [0.717, 1.165) is 17.4 Å². The summed E-state index contributed by atoms with van der Waals surface area (Å²) in [6, 6.07) is 21.7. The van der Waals surface area contributed by atoms with Crippen LogP contribution in [-0.2, 0) is 32.6 Å². The summed E-state index contributed by atoms with van der Waals surface area (Å²) in [5, 5.41) is 2.97. The number of aryl methyl sites for hydroxylation is 1. The zero-order chi connectivity index (χ0) is 30.0. The second-order valence-electron chi connectivity index (χ2n) is 10.7. The Morgan fingerprint density at radius 2 is 1.54 bits per heavy atom. The van der Waals surface area contributed by atoms with Gasteiger partial charge in [0.05, 0.1) is 11.9 Å². The summed E-state index contributed by atoms with van der Waals surface area (Å²) in [6.07, 6.45) is 1.74. The van der Waals surface area contributed by atoms with Crippen LogP contribution in [0.2, 0.25) is 0 Å². The lowest BCUT2D eigenvalue weighted by molar-refractivity contribution is -0.141. The summed E-state index contributed by atoms with van der Waals surface area (Å²) in [6.45, 7) is 6.52. The maximum Gasteiger partial charge on any atom is 0.243 e. The number of sulfonamides is 1. The summed E-state index contributed by atoms with van der Waals surface area (Å²) in [5.74, 6) is -0.718. The minimum atomic E-state index is -3.59. The third kappa shape index (κ3) is 9.70. The fourth-order valence-corrected chi connectivity index (χ4v) is 5.61. The maximum absolute atomic E-state index is 13.8. The molecular weight excluding hydrogens is 541 g/mol. The van der Waals surface area contributed by atoms with Gasteiger partial charge in [-0.25, -0.2) is 12.8 Å². The zero-order valence-corrected chi connectivity index (χ0v) is 25.0. The highest BCUT2D eigenvalue weighted by atomic mass is 32.2. The molecule has 7 nitrogen and oxygen atoms in total. The van der Waals surface area contributed by atoms with Crippen LogP contribution in [0.1, 0.15) is 43.4 Å². The smallest absolute Gasteiger partial charge is 0.243 e. The minimum Gasteiger partial charge on any atom is -0.354 e. The Bertz CT molecular complexity index is 1400. The molecule has 0 bridgehead atoms. The van der Waals surface area contributed by atoms with Crippen molar-refractivity contribution >= 4 is 27.5 Å². The third-order valence-corrected chi connectivity index (χ3v) is 7.94. The first-order chi connectivity index (χ1) is 19.5. The maximum atomic E-state index is 13.8. The number of para-hydroxylation sites is 1. The molecule has 3 aromatic rings. The van der Waals surface area contributed by atoms with E-state index in [4.69, 9.17) is 0 Å². The molecule has 0 heterocycles. The predicted octanol–water partition coefficient (Wildman–Crippen LogP) is 5.09. The van der Waals surface area contributed by atoms with Crippen molar-refractivity contribution in [2.24, 2.45) is 5.92 Å². The van der Waals surface area contributed by atoms with E-state index in [-0.39, 0.29) is 49.5 Å². The molecule has 3 rings (SSSR count). The summed E-state index contributed by atoms with van der Waals surface area (Å²) in [7, 11) is -3.59. The van der Waals surface area contributed by atoms with Crippen molar-refractivity contribution in [2.45, 2.75) is 52.6 Å². The quantitative estimate of drug-likeness (QED) is 0.287. The number of carbonyl (C=O) groups is 2. The molecule has 1 N–H and O–H groups in total. The van der Waals surface area contributed by atoms with Gasteiger partial charge in [-0.05, 0) is 54.2 Å². The van der Waals surface area contributed by atoms with E-state index < -0.39 is 16.1 Å². The van der Waals surface area contributed by atoms with E-state index in [1.54, 1.807) is 24.3 Å². The topological polar surface area (TPSA) is 86.8 Å². The molecule has 3 aromatic carbocycles. The van der Waals surface area contributed by atoms with E-state index in [2.05, 4.69) is 5.32 Å². The number of nitrogens with one attached hydrogen (secondary N) is 1. The summed E-state index contributed by atoms with van der Waals surface area (Å²) in [5.41, 5.74) is 2.97. The van der Waals surface area contributed by atoms with Crippen LogP contribution in [0.5, 0.6) is 0 Å². The lowest BCUT2D eigenvalue weighted by Crippen LogP contribution is -2.51. The number of nitrogens with zero attached hydrogens (tertiary/aromatic N) is 2. The van der Waals surface area contributed by atoms with E-state index in [1.165, 1.54) is 21.3 Å². The number of halogens is 1. The van der Waals surface area contributed by atoms with Gasteiger partial charge in [0.2, 0.25) is 21.8 Å². The first-order valence-electron chi connectivity index (χ1n) is 13.8. The number of anilines is 1. The van der Waals surface area contributed by atoms with Crippen molar-refractivity contribution < 1.29 is 22.4 Å². The number of benzene rings is 3. The fourth-order valence-electron chi connectivity index (χ4n) is 4.59.